The van der Waals surface area contributed by atoms with Crippen molar-refractivity contribution in [3.8, 4) is 0 Å². The molecule has 0 aliphatic carbocycles. The number of esters is 2. The summed E-state index contributed by atoms with van der Waals surface area (Å²) < 4.78 is 23.1. The molecule has 0 aromatic heterocycles. The molecule has 0 heterocycles. The molecule has 0 saturated carbocycles. The third-order valence-electron chi connectivity index (χ3n) is 5.09. The summed E-state index contributed by atoms with van der Waals surface area (Å²) in [5.41, 5.74) is 0. The topological polar surface area (TPSA) is 112 Å². The second-order valence-electron chi connectivity index (χ2n) is 9.11. The molecule has 0 unspecified atom stereocenters. The number of rotatable bonds is 20. The number of ether oxygens (including phenoxy) is 2. The average molecular weight is 609 g/mol. The number of carbonyl (C=O) groups is 4. The molecule has 0 aromatic carbocycles. The van der Waals surface area contributed by atoms with Crippen LogP contribution in [0.25, 0.3) is 0 Å². The third kappa shape index (κ3) is 18.5. The zero-order valence-corrected chi connectivity index (χ0v) is 25.4. The maximum absolute atomic E-state index is 12.6. The Bertz CT molecular complexity index is 589. The number of nitrogens with zero attached hydrogens (tertiary/aromatic N) is 2. The Kier molecular flexibility index (Phi) is 19.0. The molecule has 0 N–H and O–H groups in total. The molecule has 0 amide bonds. The quantitative estimate of drug-likeness (QED) is 0.151. The van der Waals surface area contributed by atoms with Crippen LogP contribution in [-0.2, 0) is 34.8 Å². The van der Waals surface area contributed by atoms with Gasteiger partial charge in [-0.25, -0.2) is 0 Å². The van der Waals surface area contributed by atoms with Gasteiger partial charge in [0.25, 0.3) is 0 Å². The zero-order chi connectivity index (χ0) is 26.7. The van der Waals surface area contributed by atoms with Crippen LogP contribution in [0.2, 0.25) is 8.87 Å². The van der Waals surface area contributed by atoms with Gasteiger partial charge in [-0.1, -0.05) is 0 Å². The summed E-state index contributed by atoms with van der Waals surface area (Å²) in [6.45, 7) is 5.76. The van der Waals surface area contributed by atoms with Crippen molar-refractivity contribution in [3.63, 3.8) is 0 Å². The monoisotopic (exact) mass is 610 g/mol. The molecule has 0 aliphatic heterocycles. The van der Waals surface area contributed by atoms with Crippen LogP contribution < -0.4 is 0 Å². The van der Waals surface area contributed by atoms with Gasteiger partial charge in [0.05, 0.1) is 0 Å². The van der Waals surface area contributed by atoms with Crippen LogP contribution in [0, 0.1) is 0 Å². The molecule has 0 bridgehead atoms. The number of carbonyl (C=O) groups excluding carboxylic acids is 4. The standard InChI is InChI=1S/2C8H15NO4.2C4H9.Sn/c2*1-9(2)5-6-13-8(12)4-3-7(10)11;2*1-3-4-2;/h2*3-6H2,1-2H3,(H,10,11);2*1,3-4H2,2H3;/q;;;;+2/p-2. The van der Waals surface area contributed by atoms with Gasteiger partial charge < -0.3 is 0 Å². The van der Waals surface area contributed by atoms with Gasteiger partial charge in [0, 0.05) is 0 Å². The normalized spacial score (nSPS) is 11.4. The molecule has 0 fully saturated rings. The van der Waals surface area contributed by atoms with E-state index in [9.17, 15) is 19.2 Å². The minimum absolute atomic E-state index is 0.0809. The molecule has 0 spiro atoms. The van der Waals surface area contributed by atoms with Gasteiger partial charge in [-0.2, -0.15) is 0 Å². The van der Waals surface area contributed by atoms with Crippen LogP contribution in [0.5, 0.6) is 0 Å². The summed E-state index contributed by atoms with van der Waals surface area (Å²) in [5, 5.41) is 0. The Labute approximate surface area is 215 Å². The van der Waals surface area contributed by atoms with E-state index in [2.05, 4.69) is 0 Å². The van der Waals surface area contributed by atoms with Gasteiger partial charge >= 0.3 is 216 Å². The Morgan fingerprint density at radius 2 is 0.943 bits per heavy atom. The molecule has 0 saturated heterocycles. The van der Waals surface area contributed by atoms with Crippen LogP contribution in [0.15, 0.2) is 0 Å². The van der Waals surface area contributed by atoms with E-state index >= 15 is 0 Å². The zero-order valence-electron chi connectivity index (χ0n) is 22.6. The summed E-state index contributed by atoms with van der Waals surface area (Å²) in [5.74, 6) is -1.99. The fourth-order valence-corrected chi connectivity index (χ4v) is 13.0. The van der Waals surface area contributed by atoms with Crippen LogP contribution in [0.1, 0.15) is 65.2 Å². The Morgan fingerprint density at radius 1 is 0.600 bits per heavy atom. The Balaban J connectivity index is 4.97. The van der Waals surface area contributed by atoms with Crippen molar-refractivity contribution >= 4 is 43.1 Å². The first-order valence-electron chi connectivity index (χ1n) is 12.6. The van der Waals surface area contributed by atoms with Crippen LogP contribution in [-0.4, -0.2) is 107 Å². The van der Waals surface area contributed by atoms with Crippen molar-refractivity contribution in [2.45, 2.75) is 74.1 Å². The summed E-state index contributed by atoms with van der Waals surface area (Å²) in [4.78, 5) is 52.9. The first-order chi connectivity index (χ1) is 16.5. The SMILES string of the molecule is CCC[CH2][Sn]([CH2]CCC)([O]C(=O)CCC(=O)OCCN(C)C)[O]C(=O)CCC(=O)OCCN(C)C. The first-order valence-corrected chi connectivity index (χ1v) is 18.9. The average Bonchev–Trinajstić information content (AvgIpc) is 2.78. The molecule has 10 nitrogen and oxygen atoms in total. The maximum atomic E-state index is 12.6. The van der Waals surface area contributed by atoms with Crippen molar-refractivity contribution in [3.05, 3.63) is 0 Å². The van der Waals surface area contributed by atoms with E-state index in [4.69, 9.17) is 15.6 Å². The van der Waals surface area contributed by atoms with Crippen LogP contribution in [0.4, 0.5) is 0 Å². The van der Waals surface area contributed by atoms with E-state index in [1.54, 1.807) is 0 Å². The van der Waals surface area contributed by atoms with Gasteiger partial charge in [0.15, 0.2) is 0 Å². The first kappa shape index (κ1) is 33.6. The summed E-state index contributed by atoms with van der Waals surface area (Å²) in [6.07, 6.45) is 2.90. The molecule has 0 atom stereocenters. The van der Waals surface area contributed by atoms with Crippen molar-refractivity contribution in [1.82, 2.24) is 9.80 Å². The molecular formula is C24H46N2O8Sn. The third-order valence-corrected chi connectivity index (χ3v) is 14.9. The fourth-order valence-electron chi connectivity index (χ4n) is 3.00. The van der Waals surface area contributed by atoms with E-state index in [1.807, 2.05) is 51.8 Å². The molecule has 0 aliphatic rings. The number of likely N-dealkylation sites (N-methyl/N-ethyl adjacent to an activating group) is 2. The van der Waals surface area contributed by atoms with E-state index in [0.29, 0.717) is 22.0 Å². The number of hydrogen-bond donors (Lipinski definition) is 0. The van der Waals surface area contributed by atoms with E-state index in [1.165, 1.54) is 0 Å². The van der Waals surface area contributed by atoms with Gasteiger partial charge in [-0.3, -0.25) is 0 Å². The predicted octanol–water partition coefficient (Wildman–Crippen LogP) is 2.89. The Hall–Kier alpha value is -1.40. The summed E-state index contributed by atoms with van der Waals surface area (Å²) in [6, 6.07) is 0. The van der Waals surface area contributed by atoms with Crippen molar-refractivity contribution in [1.29, 1.82) is 0 Å². The molecule has 0 radical (unpaired) electrons. The second kappa shape index (κ2) is 19.7. The molecule has 0 aromatic rings. The van der Waals surface area contributed by atoms with E-state index in [0.717, 1.165) is 25.7 Å². The van der Waals surface area contributed by atoms with Crippen molar-refractivity contribution in [2.75, 3.05) is 54.5 Å². The van der Waals surface area contributed by atoms with Gasteiger partial charge in [0.1, 0.15) is 0 Å². The summed E-state index contributed by atoms with van der Waals surface area (Å²) >= 11 is -4.12. The van der Waals surface area contributed by atoms with Gasteiger partial charge in [-0.15, -0.1) is 0 Å². The molecule has 11 heteroatoms. The van der Waals surface area contributed by atoms with E-state index in [-0.39, 0.29) is 38.9 Å². The predicted molar refractivity (Wildman–Crippen MR) is 135 cm³/mol. The van der Waals surface area contributed by atoms with Crippen LogP contribution >= 0.6 is 0 Å². The van der Waals surface area contributed by atoms with Crippen molar-refractivity contribution < 1.29 is 34.8 Å². The number of unbranched alkanes of at least 4 members (excludes halogenated alkanes) is 2. The van der Waals surface area contributed by atoms with E-state index < -0.39 is 43.1 Å². The van der Waals surface area contributed by atoms with Gasteiger partial charge in [0.2, 0.25) is 0 Å². The minimum atomic E-state index is -4.12. The molecular weight excluding hydrogens is 563 g/mol. The van der Waals surface area contributed by atoms with Crippen LogP contribution in [0.3, 0.4) is 0 Å². The summed E-state index contributed by atoms with van der Waals surface area (Å²) in [7, 11) is 7.50. The second-order valence-corrected chi connectivity index (χ2v) is 18.3. The number of hydrogen-bond acceptors (Lipinski definition) is 10. The molecule has 0 rings (SSSR count). The fraction of sp³-hybridized carbons (Fsp3) is 0.833. The molecule has 35 heavy (non-hydrogen) atoms. The van der Waals surface area contributed by atoms with Gasteiger partial charge in [-0.05, 0) is 0 Å². The Morgan fingerprint density at radius 3 is 1.26 bits per heavy atom. The molecule has 204 valence electrons. The van der Waals surface area contributed by atoms with Crippen molar-refractivity contribution in [2.24, 2.45) is 0 Å².